The van der Waals surface area contributed by atoms with Crippen LogP contribution in [0.1, 0.15) is 11.3 Å². The van der Waals surface area contributed by atoms with Gasteiger partial charge in [0.15, 0.2) is 0 Å². The van der Waals surface area contributed by atoms with Gasteiger partial charge in [-0.2, -0.15) is 5.26 Å². The molecule has 0 spiro atoms. The molecule has 1 aromatic carbocycles. The SMILES string of the molecule is N#Cc1cc(NCC(CO)Cc2ccccn2)nc2ccc([N+](=O)[O-])cc12. The zero-order valence-corrected chi connectivity index (χ0v) is 14.4. The minimum Gasteiger partial charge on any atom is -0.396 e. The van der Waals surface area contributed by atoms with Crippen molar-refractivity contribution in [3.63, 3.8) is 0 Å². The second kappa shape index (κ2) is 8.21. The molecular formula is C19H17N5O3. The van der Waals surface area contributed by atoms with Gasteiger partial charge in [0.25, 0.3) is 5.69 Å². The number of aliphatic hydroxyl groups is 1. The van der Waals surface area contributed by atoms with Gasteiger partial charge in [0.1, 0.15) is 5.82 Å². The fourth-order valence-corrected chi connectivity index (χ4v) is 2.78. The predicted molar refractivity (Wildman–Crippen MR) is 100 cm³/mol. The molecule has 27 heavy (non-hydrogen) atoms. The number of non-ortho nitro benzene ring substituents is 1. The monoisotopic (exact) mass is 363 g/mol. The highest BCUT2D eigenvalue weighted by molar-refractivity contribution is 5.88. The number of benzene rings is 1. The first-order valence-corrected chi connectivity index (χ1v) is 8.34. The quantitative estimate of drug-likeness (QED) is 0.488. The average molecular weight is 363 g/mol. The topological polar surface area (TPSA) is 125 Å². The van der Waals surface area contributed by atoms with Crippen molar-refractivity contribution in [2.45, 2.75) is 6.42 Å². The lowest BCUT2D eigenvalue weighted by Gasteiger charge is -2.15. The molecule has 2 aromatic heterocycles. The van der Waals surface area contributed by atoms with Crippen LogP contribution in [-0.4, -0.2) is 33.1 Å². The molecule has 0 amide bonds. The van der Waals surface area contributed by atoms with Crippen LogP contribution in [0.15, 0.2) is 48.7 Å². The maximum absolute atomic E-state index is 10.9. The molecule has 2 N–H and O–H groups in total. The lowest BCUT2D eigenvalue weighted by Crippen LogP contribution is -2.21. The van der Waals surface area contributed by atoms with E-state index in [2.05, 4.69) is 21.4 Å². The fraction of sp³-hybridized carbons (Fsp3) is 0.211. The van der Waals surface area contributed by atoms with Crippen LogP contribution in [0.5, 0.6) is 0 Å². The van der Waals surface area contributed by atoms with Crippen LogP contribution in [0.4, 0.5) is 11.5 Å². The number of nitrogens with zero attached hydrogens (tertiary/aromatic N) is 4. The molecule has 8 heteroatoms. The maximum Gasteiger partial charge on any atom is 0.270 e. The van der Waals surface area contributed by atoms with E-state index in [0.29, 0.717) is 35.2 Å². The highest BCUT2D eigenvalue weighted by atomic mass is 16.6. The van der Waals surface area contributed by atoms with Gasteiger partial charge in [0, 0.05) is 48.5 Å². The number of aliphatic hydroxyl groups excluding tert-OH is 1. The third-order valence-corrected chi connectivity index (χ3v) is 4.18. The standard InChI is InChI=1S/C19H17N5O3/c20-10-14-8-19(23-18-5-4-16(24(26)27)9-17(14)18)22-11-13(12-25)7-15-3-1-2-6-21-15/h1-6,8-9,13,25H,7,11-12H2,(H,22,23). The van der Waals surface area contributed by atoms with Crippen LogP contribution in [0.3, 0.4) is 0 Å². The lowest BCUT2D eigenvalue weighted by molar-refractivity contribution is -0.384. The Bertz CT molecular complexity index is 1000. The largest absolute Gasteiger partial charge is 0.396 e. The molecule has 8 nitrogen and oxygen atoms in total. The van der Waals surface area contributed by atoms with Crippen LogP contribution in [0.2, 0.25) is 0 Å². The fourth-order valence-electron chi connectivity index (χ4n) is 2.78. The van der Waals surface area contributed by atoms with E-state index in [1.54, 1.807) is 12.3 Å². The van der Waals surface area contributed by atoms with Crippen molar-refractivity contribution in [2.75, 3.05) is 18.5 Å². The summed E-state index contributed by atoms with van der Waals surface area (Å²) >= 11 is 0. The van der Waals surface area contributed by atoms with Crippen LogP contribution in [-0.2, 0) is 6.42 Å². The number of fused-ring (bicyclic) bond motifs is 1. The summed E-state index contributed by atoms with van der Waals surface area (Å²) in [6.45, 7) is 0.428. The van der Waals surface area contributed by atoms with Gasteiger partial charge < -0.3 is 10.4 Å². The summed E-state index contributed by atoms with van der Waals surface area (Å²) in [4.78, 5) is 19.1. The maximum atomic E-state index is 10.9. The second-order valence-electron chi connectivity index (χ2n) is 6.08. The summed E-state index contributed by atoms with van der Waals surface area (Å²) < 4.78 is 0. The summed E-state index contributed by atoms with van der Waals surface area (Å²) in [7, 11) is 0. The molecule has 0 aliphatic rings. The van der Waals surface area contributed by atoms with Gasteiger partial charge >= 0.3 is 0 Å². The molecule has 2 heterocycles. The van der Waals surface area contributed by atoms with Crippen molar-refractivity contribution in [1.29, 1.82) is 5.26 Å². The van der Waals surface area contributed by atoms with Crippen LogP contribution in [0, 0.1) is 27.4 Å². The molecule has 3 rings (SSSR count). The van der Waals surface area contributed by atoms with Gasteiger partial charge in [0.05, 0.1) is 22.1 Å². The van der Waals surface area contributed by atoms with Crippen molar-refractivity contribution in [2.24, 2.45) is 5.92 Å². The van der Waals surface area contributed by atoms with E-state index in [9.17, 15) is 20.5 Å². The highest BCUT2D eigenvalue weighted by Gasteiger charge is 2.13. The number of nitro groups is 1. The Balaban J connectivity index is 1.79. The number of nitriles is 1. The van der Waals surface area contributed by atoms with E-state index in [0.717, 1.165) is 5.69 Å². The Morgan fingerprint density at radius 3 is 2.81 bits per heavy atom. The Hall–Kier alpha value is -3.57. The predicted octanol–water partition coefficient (Wildman–Crippen LogP) is 2.67. The minimum absolute atomic E-state index is 0.0194. The van der Waals surface area contributed by atoms with Crippen LogP contribution < -0.4 is 5.32 Å². The summed E-state index contributed by atoms with van der Waals surface area (Å²) in [6, 6.07) is 13.5. The van der Waals surface area contributed by atoms with Gasteiger partial charge in [0.2, 0.25) is 0 Å². The minimum atomic E-state index is -0.504. The molecular weight excluding hydrogens is 346 g/mol. The Labute approximate surface area is 155 Å². The number of hydrogen-bond donors (Lipinski definition) is 2. The summed E-state index contributed by atoms with van der Waals surface area (Å²) in [6.07, 6.45) is 2.32. The smallest absolute Gasteiger partial charge is 0.270 e. The van der Waals surface area contributed by atoms with Crippen LogP contribution in [0.25, 0.3) is 10.9 Å². The number of aromatic nitrogens is 2. The molecule has 0 aliphatic carbocycles. The molecule has 1 unspecified atom stereocenters. The van der Waals surface area contributed by atoms with E-state index in [4.69, 9.17) is 0 Å². The van der Waals surface area contributed by atoms with Gasteiger partial charge in [-0.05, 0) is 30.7 Å². The van der Waals surface area contributed by atoms with Gasteiger partial charge in [-0.3, -0.25) is 15.1 Å². The first-order valence-electron chi connectivity index (χ1n) is 8.34. The summed E-state index contributed by atoms with van der Waals surface area (Å²) in [5.74, 6) is 0.409. The molecule has 0 fully saturated rings. The number of nitro benzene ring substituents is 1. The summed E-state index contributed by atoms with van der Waals surface area (Å²) in [5, 5.41) is 33.5. The number of rotatable bonds is 7. The number of anilines is 1. The number of nitrogens with one attached hydrogen (secondary N) is 1. The first kappa shape index (κ1) is 18.2. The third-order valence-electron chi connectivity index (χ3n) is 4.18. The normalized spacial score (nSPS) is 11.7. The van der Waals surface area contributed by atoms with E-state index in [1.165, 1.54) is 18.2 Å². The molecule has 0 saturated heterocycles. The zero-order valence-electron chi connectivity index (χ0n) is 14.4. The number of pyridine rings is 2. The molecule has 1 atom stereocenters. The molecule has 0 radical (unpaired) electrons. The van der Waals surface area contributed by atoms with E-state index in [-0.39, 0.29) is 18.2 Å². The van der Waals surface area contributed by atoms with Crippen LogP contribution >= 0.6 is 0 Å². The van der Waals surface area contributed by atoms with Crippen molar-refractivity contribution >= 4 is 22.4 Å². The van der Waals surface area contributed by atoms with Gasteiger partial charge in [-0.25, -0.2) is 4.98 Å². The van der Waals surface area contributed by atoms with Crippen molar-refractivity contribution in [3.05, 3.63) is 70.0 Å². The molecule has 0 bridgehead atoms. The zero-order chi connectivity index (χ0) is 19.2. The van der Waals surface area contributed by atoms with E-state index >= 15 is 0 Å². The third kappa shape index (κ3) is 4.34. The highest BCUT2D eigenvalue weighted by Crippen LogP contribution is 2.25. The molecule has 136 valence electrons. The van der Waals surface area contributed by atoms with Crippen molar-refractivity contribution < 1.29 is 10.0 Å². The Morgan fingerprint density at radius 2 is 2.15 bits per heavy atom. The average Bonchev–Trinajstić information content (AvgIpc) is 2.70. The molecule has 0 saturated carbocycles. The van der Waals surface area contributed by atoms with E-state index in [1.807, 2.05) is 18.2 Å². The second-order valence-corrected chi connectivity index (χ2v) is 6.08. The first-order chi connectivity index (χ1) is 13.1. The number of hydrogen-bond acceptors (Lipinski definition) is 7. The summed E-state index contributed by atoms with van der Waals surface area (Å²) in [5.41, 5.74) is 1.59. The van der Waals surface area contributed by atoms with Crippen molar-refractivity contribution in [1.82, 2.24) is 9.97 Å². The van der Waals surface area contributed by atoms with E-state index < -0.39 is 4.92 Å². The van der Waals surface area contributed by atoms with Crippen molar-refractivity contribution in [3.8, 4) is 6.07 Å². The molecule has 0 aliphatic heterocycles. The Morgan fingerprint density at radius 1 is 1.30 bits per heavy atom. The molecule has 3 aromatic rings. The van der Waals surface area contributed by atoms with Gasteiger partial charge in [-0.1, -0.05) is 6.07 Å². The Kier molecular flexibility index (Phi) is 5.54. The lowest BCUT2D eigenvalue weighted by atomic mass is 10.0. The van der Waals surface area contributed by atoms with Gasteiger partial charge in [-0.15, -0.1) is 0 Å².